The standard InChI is InChI=1S/C26H32N4O2/c1-5-6-13-28(4)25(32)17-30-23-10-8-7-9-22(23)27-26(30)20-15-24(31)29(16-20)21-12-11-18(2)19(3)14-21/h7-12,14,20H,5-6,13,15-17H2,1-4H3. The number of likely N-dealkylation sites (N-methyl/N-ethyl adjacent to an activating group) is 1. The molecule has 1 aliphatic rings. The molecule has 6 heteroatoms. The van der Waals surface area contributed by atoms with Crippen LogP contribution in [0, 0.1) is 13.8 Å². The first-order chi connectivity index (χ1) is 15.4. The lowest BCUT2D eigenvalue weighted by Crippen LogP contribution is -2.32. The normalized spacial score (nSPS) is 16.2. The summed E-state index contributed by atoms with van der Waals surface area (Å²) in [5.41, 5.74) is 5.12. The van der Waals surface area contributed by atoms with Crippen molar-refractivity contribution < 1.29 is 9.59 Å². The monoisotopic (exact) mass is 432 g/mol. The molecule has 0 bridgehead atoms. The highest BCUT2D eigenvalue weighted by molar-refractivity contribution is 5.96. The topological polar surface area (TPSA) is 58.4 Å². The van der Waals surface area contributed by atoms with Crippen LogP contribution in [-0.2, 0) is 16.1 Å². The fourth-order valence-corrected chi connectivity index (χ4v) is 4.37. The first-order valence-corrected chi connectivity index (χ1v) is 11.5. The Morgan fingerprint density at radius 3 is 2.69 bits per heavy atom. The van der Waals surface area contributed by atoms with E-state index in [0.717, 1.165) is 41.9 Å². The van der Waals surface area contributed by atoms with Gasteiger partial charge in [0.05, 0.1) is 11.0 Å². The Morgan fingerprint density at radius 1 is 1.16 bits per heavy atom. The zero-order valence-corrected chi connectivity index (χ0v) is 19.5. The van der Waals surface area contributed by atoms with Gasteiger partial charge >= 0.3 is 0 Å². The maximum atomic E-state index is 12.9. The Kier molecular flexibility index (Phi) is 6.31. The predicted molar refractivity (Wildman–Crippen MR) is 128 cm³/mol. The molecule has 0 aliphatic carbocycles. The summed E-state index contributed by atoms with van der Waals surface area (Å²) in [6, 6.07) is 14.0. The van der Waals surface area contributed by atoms with Gasteiger partial charge in [-0.1, -0.05) is 31.5 Å². The number of aryl methyl sites for hydroxylation is 2. The van der Waals surface area contributed by atoms with E-state index in [0.29, 0.717) is 13.0 Å². The molecule has 1 saturated heterocycles. The number of unbranched alkanes of at least 4 members (excludes halogenated alkanes) is 1. The summed E-state index contributed by atoms with van der Waals surface area (Å²) in [6.07, 6.45) is 2.44. The lowest BCUT2D eigenvalue weighted by molar-refractivity contribution is -0.130. The van der Waals surface area contributed by atoms with Crippen molar-refractivity contribution in [1.82, 2.24) is 14.5 Å². The van der Waals surface area contributed by atoms with Gasteiger partial charge in [-0.2, -0.15) is 0 Å². The van der Waals surface area contributed by atoms with Crippen LogP contribution in [0.25, 0.3) is 11.0 Å². The van der Waals surface area contributed by atoms with Crippen molar-refractivity contribution in [3.05, 3.63) is 59.4 Å². The average molecular weight is 433 g/mol. The van der Waals surface area contributed by atoms with Crippen LogP contribution in [0.3, 0.4) is 0 Å². The predicted octanol–water partition coefficient (Wildman–Crippen LogP) is 4.43. The average Bonchev–Trinajstić information content (AvgIpc) is 3.34. The zero-order chi connectivity index (χ0) is 22.8. The van der Waals surface area contributed by atoms with Crippen molar-refractivity contribution >= 4 is 28.5 Å². The lowest BCUT2D eigenvalue weighted by Gasteiger charge is -2.20. The smallest absolute Gasteiger partial charge is 0.242 e. The molecule has 2 heterocycles. The Bertz CT molecular complexity index is 1150. The van der Waals surface area contributed by atoms with Gasteiger partial charge < -0.3 is 14.4 Å². The molecule has 2 aromatic carbocycles. The van der Waals surface area contributed by atoms with E-state index in [-0.39, 0.29) is 24.3 Å². The van der Waals surface area contributed by atoms with Crippen LogP contribution >= 0.6 is 0 Å². The molecule has 4 rings (SSSR count). The van der Waals surface area contributed by atoms with Gasteiger partial charge in [-0.05, 0) is 55.7 Å². The number of carbonyl (C=O) groups excluding carboxylic acids is 2. The highest BCUT2D eigenvalue weighted by atomic mass is 16.2. The number of nitrogens with zero attached hydrogens (tertiary/aromatic N) is 4. The minimum absolute atomic E-state index is 0.0507. The zero-order valence-electron chi connectivity index (χ0n) is 19.5. The quantitative estimate of drug-likeness (QED) is 0.555. The third kappa shape index (κ3) is 4.27. The third-order valence-electron chi connectivity index (χ3n) is 6.54. The van der Waals surface area contributed by atoms with Gasteiger partial charge in [0, 0.05) is 38.2 Å². The van der Waals surface area contributed by atoms with E-state index in [9.17, 15) is 9.59 Å². The van der Waals surface area contributed by atoms with Crippen LogP contribution in [0.4, 0.5) is 5.69 Å². The highest BCUT2D eigenvalue weighted by Gasteiger charge is 2.35. The molecule has 1 aliphatic heterocycles. The molecular weight excluding hydrogens is 400 g/mol. The largest absolute Gasteiger partial charge is 0.344 e. The number of imidazole rings is 1. The van der Waals surface area contributed by atoms with Gasteiger partial charge in [0.2, 0.25) is 11.8 Å². The summed E-state index contributed by atoms with van der Waals surface area (Å²) in [4.78, 5) is 34.4. The van der Waals surface area contributed by atoms with E-state index in [1.54, 1.807) is 4.90 Å². The number of benzene rings is 2. The molecule has 0 N–H and O–H groups in total. The van der Waals surface area contributed by atoms with Crippen molar-refractivity contribution in [3.63, 3.8) is 0 Å². The van der Waals surface area contributed by atoms with Crippen LogP contribution in [0.5, 0.6) is 0 Å². The van der Waals surface area contributed by atoms with Crippen molar-refractivity contribution in [2.75, 3.05) is 25.0 Å². The lowest BCUT2D eigenvalue weighted by atomic mass is 10.1. The molecule has 0 spiro atoms. The molecule has 1 aromatic heterocycles. The second-order valence-electron chi connectivity index (χ2n) is 8.89. The minimum Gasteiger partial charge on any atom is -0.344 e. The van der Waals surface area contributed by atoms with Crippen LogP contribution in [0.2, 0.25) is 0 Å². The first kappa shape index (κ1) is 22.1. The Labute approximate surface area is 189 Å². The SMILES string of the molecule is CCCCN(C)C(=O)Cn1c(C2CC(=O)N(c3ccc(C)c(C)c3)C2)nc2ccccc21. The molecular formula is C26H32N4O2. The van der Waals surface area contributed by atoms with E-state index in [1.807, 2.05) is 46.8 Å². The number of fused-ring (bicyclic) bond motifs is 1. The van der Waals surface area contributed by atoms with Crippen LogP contribution in [0.1, 0.15) is 49.1 Å². The molecule has 0 saturated carbocycles. The molecule has 1 atom stereocenters. The van der Waals surface area contributed by atoms with Crippen molar-refractivity contribution in [3.8, 4) is 0 Å². The van der Waals surface area contributed by atoms with Crippen molar-refractivity contribution in [1.29, 1.82) is 0 Å². The van der Waals surface area contributed by atoms with E-state index in [4.69, 9.17) is 4.98 Å². The molecule has 32 heavy (non-hydrogen) atoms. The Morgan fingerprint density at radius 2 is 1.94 bits per heavy atom. The molecule has 0 radical (unpaired) electrons. The summed E-state index contributed by atoms with van der Waals surface area (Å²) < 4.78 is 2.02. The maximum absolute atomic E-state index is 12.9. The summed E-state index contributed by atoms with van der Waals surface area (Å²) >= 11 is 0. The minimum atomic E-state index is -0.0507. The summed E-state index contributed by atoms with van der Waals surface area (Å²) in [5.74, 6) is 0.940. The van der Waals surface area contributed by atoms with Crippen LogP contribution < -0.4 is 4.90 Å². The molecule has 168 valence electrons. The van der Waals surface area contributed by atoms with Crippen molar-refractivity contribution in [2.45, 2.75) is 52.5 Å². The van der Waals surface area contributed by atoms with E-state index in [2.05, 4.69) is 32.9 Å². The fraction of sp³-hybridized carbons (Fsp3) is 0.423. The van der Waals surface area contributed by atoms with Crippen LogP contribution in [0.15, 0.2) is 42.5 Å². The summed E-state index contributed by atoms with van der Waals surface area (Å²) in [5, 5.41) is 0. The maximum Gasteiger partial charge on any atom is 0.242 e. The van der Waals surface area contributed by atoms with Gasteiger partial charge in [-0.15, -0.1) is 0 Å². The highest BCUT2D eigenvalue weighted by Crippen LogP contribution is 2.34. The van der Waals surface area contributed by atoms with E-state index in [1.165, 1.54) is 11.1 Å². The second kappa shape index (κ2) is 9.15. The molecule has 1 fully saturated rings. The molecule has 1 unspecified atom stereocenters. The van der Waals surface area contributed by atoms with Gasteiger partial charge in [0.25, 0.3) is 0 Å². The first-order valence-electron chi connectivity index (χ1n) is 11.5. The number of anilines is 1. The Balaban J connectivity index is 1.64. The number of hydrogen-bond acceptors (Lipinski definition) is 3. The molecule has 6 nitrogen and oxygen atoms in total. The molecule has 2 amide bonds. The number of hydrogen-bond donors (Lipinski definition) is 0. The number of para-hydroxylation sites is 2. The number of amides is 2. The Hall–Kier alpha value is -3.15. The second-order valence-corrected chi connectivity index (χ2v) is 8.89. The van der Waals surface area contributed by atoms with Gasteiger partial charge in [-0.25, -0.2) is 4.98 Å². The number of rotatable bonds is 7. The van der Waals surface area contributed by atoms with E-state index >= 15 is 0 Å². The third-order valence-corrected chi connectivity index (χ3v) is 6.54. The number of aromatic nitrogens is 2. The van der Waals surface area contributed by atoms with Gasteiger partial charge in [0.1, 0.15) is 12.4 Å². The van der Waals surface area contributed by atoms with E-state index < -0.39 is 0 Å². The fourth-order valence-electron chi connectivity index (χ4n) is 4.37. The van der Waals surface area contributed by atoms with Gasteiger partial charge in [0.15, 0.2) is 0 Å². The summed E-state index contributed by atoms with van der Waals surface area (Å²) in [6.45, 7) is 7.83. The summed E-state index contributed by atoms with van der Waals surface area (Å²) in [7, 11) is 1.86. The van der Waals surface area contributed by atoms with Gasteiger partial charge in [-0.3, -0.25) is 9.59 Å². The molecule has 3 aromatic rings. The van der Waals surface area contributed by atoms with Crippen LogP contribution in [-0.4, -0.2) is 46.4 Å². The number of carbonyl (C=O) groups is 2. The van der Waals surface area contributed by atoms with Crippen molar-refractivity contribution in [2.24, 2.45) is 0 Å².